The quantitative estimate of drug-likeness (QED) is 0.0600. The molecule has 0 bridgehead atoms. The van der Waals surface area contributed by atoms with Gasteiger partial charge in [0.2, 0.25) is 0 Å². The van der Waals surface area contributed by atoms with Gasteiger partial charge < -0.3 is 15.7 Å². The van der Waals surface area contributed by atoms with Crippen LogP contribution in [0.2, 0.25) is 22.2 Å². The molecule has 1 aliphatic heterocycles. The minimum atomic E-state index is -2.53. The average Bonchev–Trinajstić information content (AvgIpc) is 3.01. The predicted molar refractivity (Wildman–Crippen MR) is 210 cm³/mol. The fourth-order valence-electron chi connectivity index (χ4n) is 7.56. The van der Waals surface area contributed by atoms with E-state index in [0.29, 0.717) is 0 Å². The standard InChI is InChI=1S/4C8H17.C3H6O.2C2H4O2.H2O.2Sn/c4*1-3-5-7-8-6-4-2;1-2-3-4;2*1-2(3)4;;;/h4*1,3-8H2,2H3;1-3H2;2*1H3,(H,3,4);1H2;;/q;;;;-1;;;;;+1. The number of carboxylic acids is 2. The summed E-state index contributed by atoms with van der Waals surface area (Å²) in [6, 6.07) is 0. The van der Waals surface area contributed by atoms with Crippen LogP contribution in [0.5, 0.6) is 0 Å². The number of unbranched alkanes of at least 4 members (excludes halogenated alkanes) is 20. The molecule has 6 nitrogen and oxygen atoms in total. The van der Waals surface area contributed by atoms with Crippen molar-refractivity contribution in [1.29, 1.82) is 0 Å². The molecule has 0 radical (unpaired) electrons. The molecule has 0 aromatic carbocycles. The predicted octanol–water partition coefficient (Wildman–Crippen LogP) is 12.7. The first-order valence-corrected chi connectivity index (χ1v) is 42.5. The van der Waals surface area contributed by atoms with Crippen molar-refractivity contribution < 1.29 is 28.4 Å². The van der Waals surface area contributed by atoms with Crippen molar-refractivity contribution >= 4 is 41.2 Å². The van der Waals surface area contributed by atoms with Crippen LogP contribution in [0.15, 0.2) is 0 Å². The third-order valence-corrected chi connectivity index (χ3v) is 99.3. The van der Waals surface area contributed by atoms with E-state index in [1.807, 2.05) is 0 Å². The van der Waals surface area contributed by atoms with E-state index in [2.05, 4.69) is 27.7 Å². The number of carbonyl (C=O) groups is 2. The topological polar surface area (TPSA) is 115 Å². The molecule has 4 N–H and O–H groups in total. The van der Waals surface area contributed by atoms with Gasteiger partial charge in [-0.2, -0.15) is 0 Å². The summed E-state index contributed by atoms with van der Waals surface area (Å²) in [5.74, 6) is -1.67. The third kappa shape index (κ3) is 31.0. The number of aliphatic carboxylic acids is 2. The van der Waals surface area contributed by atoms with Gasteiger partial charge in [-0.3, -0.25) is 9.59 Å². The summed E-state index contributed by atoms with van der Waals surface area (Å²) in [6.07, 6.45) is 37.0. The van der Waals surface area contributed by atoms with Crippen LogP contribution in [-0.4, -0.2) is 63.5 Å². The van der Waals surface area contributed by atoms with Crippen molar-refractivity contribution in [1.82, 2.24) is 0 Å². The fraction of sp³-hybridized carbons (Fsp3) is 0.949. The Morgan fingerprint density at radius 3 is 1.04 bits per heavy atom. The Bertz CT molecular complexity index is 580. The first kappa shape index (κ1) is 51.8. The van der Waals surface area contributed by atoms with Crippen molar-refractivity contribution in [3.05, 3.63) is 0 Å². The van der Waals surface area contributed by atoms with Crippen LogP contribution >= 0.6 is 0 Å². The van der Waals surface area contributed by atoms with Crippen LogP contribution in [0.3, 0.4) is 0 Å². The van der Waals surface area contributed by atoms with E-state index < -0.39 is 41.2 Å². The molecule has 0 aromatic heterocycles. The molecule has 47 heavy (non-hydrogen) atoms. The Morgan fingerprint density at radius 1 is 0.489 bits per heavy atom. The van der Waals surface area contributed by atoms with E-state index in [-0.39, 0.29) is 5.48 Å². The molecule has 284 valence electrons. The summed E-state index contributed by atoms with van der Waals surface area (Å²) in [6.45, 7) is 12.8. The van der Waals surface area contributed by atoms with Crippen molar-refractivity contribution in [2.45, 2.75) is 224 Å². The van der Waals surface area contributed by atoms with Crippen molar-refractivity contribution in [2.24, 2.45) is 0 Å². The summed E-state index contributed by atoms with van der Waals surface area (Å²) in [5.41, 5.74) is 0. The van der Waals surface area contributed by atoms with Crippen LogP contribution in [0.1, 0.15) is 202 Å². The SMILES string of the molecule is CC(=O)O.CC(=O)O.CCCCCCC[CH2][Sn]1([CH2]CCCCCCC)[CH2]CC[O][Sn]1([CH2]CCCCCCC)[CH2]CCCCCCC.O. The van der Waals surface area contributed by atoms with Gasteiger partial charge in [0, 0.05) is 13.8 Å². The zero-order chi connectivity index (χ0) is 34.8. The second-order valence-electron chi connectivity index (χ2n) is 14.3. The molecule has 1 heterocycles. The van der Waals surface area contributed by atoms with Crippen LogP contribution in [0.25, 0.3) is 0 Å². The fourth-order valence-corrected chi connectivity index (χ4v) is 104. The van der Waals surface area contributed by atoms with Crippen molar-refractivity contribution in [3.63, 3.8) is 0 Å². The molecule has 1 aliphatic rings. The Morgan fingerprint density at radius 2 is 0.745 bits per heavy atom. The summed E-state index contributed by atoms with van der Waals surface area (Å²) >= 11 is -4.77. The molecule has 8 heteroatoms. The summed E-state index contributed by atoms with van der Waals surface area (Å²) in [5, 5.41) is 14.8. The Hall–Kier alpha value is 0.457. The number of hydrogen-bond donors (Lipinski definition) is 2. The summed E-state index contributed by atoms with van der Waals surface area (Å²) in [4.78, 5) is 18.0. The third-order valence-electron chi connectivity index (χ3n) is 10.0. The maximum Gasteiger partial charge on any atom is -0.412 e. The maximum atomic E-state index is 9.00. The van der Waals surface area contributed by atoms with E-state index in [0.717, 1.165) is 13.8 Å². The normalized spacial score (nSPS) is 14.6. The van der Waals surface area contributed by atoms with Crippen LogP contribution in [0, 0.1) is 0 Å². The summed E-state index contributed by atoms with van der Waals surface area (Å²) < 4.78 is 16.0. The van der Waals surface area contributed by atoms with Gasteiger partial charge >= 0.3 is 249 Å². The molecule has 1 fully saturated rings. The largest absolute Gasteiger partial charge is 0.412 e. The van der Waals surface area contributed by atoms with E-state index in [1.54, 1.807) is 47.9 Å². The van der Waals surface area contributed by atoms with Crippen molar-refractivity contribution in [2.75, 3.05) is 6.61 Å². The molecule has 1 rings (SSSR count). The van der Waals surface area contributed by atoms with Gasteiger partial charge in [-0.25, -0.2) is 0 Å². The number of rotatable bonds is 28. The monoisotopic (exact) mass is 888 g/mol. The first-order valence-electron chi connectivity index (χ1n) is 20.2. The zero-order valence-electron chi connectivity index (χ0n) is 32.5. The van der Waals surface area contributed by atoms with E-state index in [1.165, 1.54) is 141 Å². The van der Waals surface area contributed by atoms with E-state index >= 15 is 0 Å². The van der Waals surface area contributed by atoms with E-state index in [4.69, 9.17) is 22.9 Å². The molecule has 0 unspecified atom stereocenters. The Balaban J connectivity index is -0.00000192. The van der Waals surface area contributed by atoms with Gasteiger partial charge in [-0.15, -0.1) is 0 Å². The average molecular weight is 887 g/mol. The van der Waals surface area contributed by atoms with Gasteiger partial charge in [0.1, 0.15) is 0 Å². The minimum absolute atomic E-state index is 0. The molecule has 0 spiro atoms. The second-order valence-corrected chi connectivity index (χ2v) is 73.0. The van der Waals surface area contributed by atoms with Crippen molar-refractivity contribution in [3.8, 4) is 0 Å². The molecular weight excluding hydrogens is 802 g/mol. The van der Waals surface area contributed by atoms with Gasteiger partial charge in [0.25, 0.3) is 11.9 Å². The molecule has 0 aromatic rings. The van der Waals surface area contributed by atoms with Gasteiger partial charge in [-0.05, 0) is 0 Å². The number of carboxylic acid groups (broad SMARTS) is 2. The summed E-state index contributed by atoms with van der Waals surface area (Å²) in [7, 11) is 0. The van der Waals surface area contributed by atoms with Crippen LogP contribution in [0.4, 0.5) is 0 Å². The molecule has 0 saturated carbocycles. The van der Waals surface area contributed by atoms with Crippen LogP contribution in [-0.2, 0) is 12.7 Å². The van der Waals surface area contributed by atoms with Gasteiger partial charge in [0.15, 0.2) is 0 Å². The van der Waals surface area contributed by atoms with E-state index in [9.17, 15) is 0 Å². The molecule has 0 atom stereocenters. The molecule has 0 aliphatic carbocycles. The number of hydrogen-bond acceptors (Lipinski definition) is 3. The second kappa shape index (κ2) is 37.7. The smallest absolute Gasteiger partial charge is 0.412 e. The van der Waals surface area contributed by atoms with Gasteiger partial charge in [0.05, 0.1) is 0 Å². The van der Waals surface area contributed by atoms with Gasteiger partial charge in [-0.1, -0.05) is 0 Å². The molecule has 1 saturated heterocycles. The molecule has 0 amide bonds. The maximum absolute atomic E-state index is 9.00. The minimum Gasteiger partial charge on any atom is -0.412 e. The zero-order valence-corrected chi connectivity index (χ0v) is 38.2. The van der Waals surface area contributed by atoms with Crippen LogP contribution < -0.4 is 0 Å². The Labute approximate surface area is 298 Å². The Kier molecular flexibility index (Phi) is 41.6. The first-order chi connectivity index (χ1) is 22.2. The molecular formula is C39H84O6Sn2.